The minimum absolute atomic E-state index is 0.0186. The standard InChI is InChI=1S/C36H39F3N4O3/c1-24-10-9-15-29-30(24)27-13-5-6-14-28(27)35(29,34(45)40-22-36(37,38)39)18-7-8-19-43-20-16-26(17-21-43)42-33(44)31-32(46-23-41-31)25-11-3-2-4-12-25/h2-6,9,11-15,23-24,26H,7-8,10,16-22H2,1H3,(H,40,45)(H,42,44). The number of hydrogen-bond acceptors (Lipinski definition) is 5. The van der Waals surface area contributed by atoms with E-state index in [0.29, 0.717) is 18.6 Å². The molecule has 1 fully saturated rings. The maximum absolute atomic E-state index is 13.8. The molecule has 2 atom stereocenters. The fourth-order valence-electron chi connectivity index (χ4n) is 7.32. The van der Waals surface area contributed by atoms with Crippen LogP contribution in [0.15, 0.2) is 83.1 Å². The van der Waals surface area contributed by atoms with Crippen LogP contribution in [0, 0.1) is 5.92 Å². The number of unbranched alkanes of at least 4 members (excludes halogenated alkanes) is 1. The number of aromatic nitrogens is 1. The van der Waals surface area contributed by atoms with Gasteiger partial charge in [0.15, 0.2) is 17.8 Å². The van der Waals surface area contributed by atoms with Crippen molar-refractivity contribution in [1.82, 2.24) is 20.5 Å². The molecule has 0 spiro atoms. The molecule has 2 N–H and O–H groups in total. The van der Waals surface area contributed by atoms with Crippen LogP contribution in [-0.4, -0.2) is 60.1 Å². The Balaban J connectivity index is 1.07. The second kappa shape index (κ2) is 13.3. The molecule has 2 heterocycles. The molecule has 0 bridgehead atoms. The first-order valence-electron chi connectivity index (χ1n) is 16.1. The van der Waals surface area contributed by atoms with Crippen LogP contribution in [0.5, 0.6) is 0 Å². The fraction of sp³-hybridized carbons (Fsp3) is 0.417. The van der Waals surface area contributed by atoms with Gasteiger partial charge in [0.2, 0.25) is 5.91 Å². The van der Waals surface area contributed by atoms with Gasteiger partial charge < -0.3 is 20.0 Å². The van der Waals surface area contributed by atoms with Gasteiger partial charge in [-0.05, 0) is 66.8 Å². The van der Waals surface area contributed by atoms with E-state index < -0.39 is 24.0 Å². The largest absolute Gasteiger partial charge is 0.443 e. The highest BCUT2D eigenvalue weighted by molar-refractivity contribution is 6.02. The molecule has 2 aromatic carbocycles. The van der Waals surface area contributed by atoms with Crippen molar-refractivity contribution in [2.45, 2.75) is 63.1 Å². The number of hydrogen-bond donors (Lipinski definition) is 2. The predicted molar refractivity (Wildman–Crippen MR) is 170 cm³/mol. The van der Waals surface area contributed by atoms with Crippen LogP contribution in [0.4, 0.5) is 13.2 Å². The van der Waals surface area contributed by atoms with Gasteiger partial charge in [-0.2, -0.15) is 13.2 Å². The normalized spacial score (nSPS) is 21.6. The molecule has 2 unspecified atom stereocenters. The zero-order valence-corrected chi connectivity index (χ0v) is 25.9. The van der Waals surface area contributed by atoms with E-state index in [2.05, 4.69) is 27.4 Å². The summed E-state index contributed by atoms with van der Waals surface area (Å²) in [5, 5.41) is 5.35. The summed E-state index contributed by atoms with van der Waals surface area (Å²) in [5.74, 6) is -0.211. The number of amides is 2. The first kappa shape index (κ1) is 31.8. The van der Waals surface area contributed by atoms with E-state index >= 15 is 0 Å². The number of piperidine rings is 1. The summed E-state index contributed by atoms with van der Waals surface area (Å²) in [5.41, 5.74) is 3.61. The molecule has 6 rings (SSSR count). The maximum Gasteiger partial charge on any atom is 0.405 e. The fourth-order valence-corrected chi connectivity index (χ4v) is 7.32. The van der Waals surface area contributed by atoms with Crippen LogP contribution >= 0.6 is 0 Å². The van der Waals surface area contributed by atoms with Crippen molar-refractivity contribution in [3.8, 4) is 11.3 Å². The average molecular weight is 633 g/mol. The lowest BCUT2D eigenvalue weighted by Gasteiger charge is -2.34. The Morgan fingerprint density at radius 1 is 1.04 bits per heavy atom. The third-order valence-electron chi connectivity index (χ3n) is 9.55. The van der Waals surface area contributed by atoms with E-state index in [1.54, 1.807) is 0 Å². The average Bonchev–Trinajstić information content (AvgIpc) is 3.66. The van der Waals surface area contributed by atoms with Crippen molar-refractivity contribution in [2.24, 2.45) is 5.92 Å². The number of fused-ring (bicyclic) bond motifs is 2. The molecule has 0 radical (unpaired) electrons. The van der Waals surface area contributed by atoms with E-state index in [1.165, 1.54) is 6.39 Å². The molecule has 1 aliphatic heterocycles. The minimum Gasteiger partial charge on any atom is -0.443 e. The number of likely N-dealkylation sites (tertiary alicyclic amines) is 1. The van der Waals surface area contributed by atoms with Gasteiger partial charge >= 0.3 is 6.18 Å². The zero-order valence-electron chi connectivity index (χ0n) is 25.9. The summed E-state index contributed by atoms with van der Waals surface area (Å²) in [6.07, 6.45) is 5.11. The lowest BCUT2D eigenvalue weighted by atomic mass is 9.71. The summed E-state index contributed by atoms with van der Waals surface area (Å²) >= 11 is 0. The number of alkyl halides is 3. The third-order valence-corrected chi connectivity index (χ3v) is 9.55. The van der Waals surface area contributed by atoms with E-state index in [4.69, 9.17) is 4.42 Å². The molecule has 3 aliphatic rings. The number of carbonyl (C=O) groups excluding carboxylic acids is 2. The quantitative estimate of drug-likeness (QED) is 0.244. The van der Waals surface area contributed by atoms with Crippen LogP contribution in [0.3, 0.4) is 0 Å². The van der Waals surface area contributed by atoms with Crippen LogP contribution in [0.2, 0.25) is 0 Å². The highest BCUT2D eigenvalue weighted by Crippen LogP contribution is 2.54. The zero-order chi connectivity index (χ0) is 32.3. The number of halogens is 3. The molecule has 7 nitrogen and oxygen atoms in total. The topological polar surface area (TPSA) is 87.5 Å². The van der Waals surface area contributed by atoms with Crippen LogP contribution in [0.1, 0.15) is 67.1 Å². The molecule has 1 aromatic heterocycles. The van der Waals surface area contributed by atoms with Gasteiger partial charge in [0.1, 0.15) is 6.54 Å². The van der Waals surface area contributed by atoms with Crippen molar-refractivity contribution in [3.05, 3.63) is 95.5 Å². The van der Waals surface area contributed by atoms with Crippen molar-refractivity contribution in [1.29, 1.82) is 0 Å². The van der Waals surface area contributed by atoms with E-state index in [0.717, 1.165) is 73.2 Å². The Morgan fingerprint density at radius 3 is 2.54 bits per heavy atom. The Bertz CT molecular complexity index is 1620. The number of nitrogens with one attached hydrogen (secondary N) is 2. The third kappa shape index (κ3) is 6.40. The van der Waals surface area contributed by atoms with Crippen LogP contribution in [0.25, 0.3) is 16.9 Å². The predicted octanol–water partition coefficient (Wildman–Crippen LogP) is 6.69. The number of allylic oxidation sites excluding steroid dienone is 3. The van der Waals surface area contributed by atoms with Gasteiger partial charge in [-0.3, -0.25) is 9.59 Å². The molecule has 3 aromatic rings. The van der Waals surface area contributed by atoms with Crippen molar-refractivity contribution >= 4 is 17.4 Å². The SMILES string of the molecule is CC1CC=CC2=C1c1ccccc1C2(CCCCN1CCC(NC(=O)c2ncoc2-c2ccccc2)CC1)C(=O)NCC(F)(F)F. The van der Waals surface area contributed by atoms with E-state index in [9.17, 15) is 22.8 Å². The van der Waals surface area contributed by atoms with E-state index in [1.807, 2.05) is 66.7 Å². The summed E-state index contributed by atoms with van der Waals surface area (Å²) in [7, 11) is 0. The van der Waals surface area contributed by atoms with Gasteiger partial charge in [0, 0.05) is 24.7 Å². The maximum atomic E-state index is 13.8. The van der Waals surface area contributed by atoms with Gasteiger partial charge in [0.05, 0.1) is 5.41 Å². The second-order valence-corrected chi connectivity index (χ2v) is 12.6. The summed E-state index contributed by atoms with van der Waals surface area (Å²) in [6.45, 7) is 3.19. The van der Waals surface area contributed by atoms with Gasteiger partial charge in [-0.25, -0.2) is 4.98 Å². The van der Waals surface area contributed by atoms with Gasteiger partial charge in [-0.15, -0.1) is 0 Å². The first-order valence-corrected chi connectivity index (χ1v) is 16.1. The molecule has 242 valence electrons. The number of rotatable bonds is 10. The molecule has 10 heteroatoms. The molecule has 2 aliphatic carbocycles. The Labute approximate surface area is 267 Å². The number of oxazole rings is 1. The lowest BCUT2D eigenvalue weighted by molar-refractivity contribution is -0.141. The van der Waals surface area contributed by atoms with Gasteiger partial charge in [0.25, 0.3) is 5.91 Å². The molecular weight excluding hydrogens is 593 g/mol. The molecule has 1 saturated heterocycles. The summed E-state index contributed by atoms with van der Waals surface area (Å²) < 4.78 is 45.1. The number of nitrogens with zero attached hydrogens (tertiary/aromatic N) is 2. The second-order valence-electron chi connectivity index (χ2n) is 12.6. The van der Waals surface area contributed by atoms with E-state index in [-0.39, 0.29) is 23.6 Å². The highest BCUT2D eigenvalue weighted by Gasteiger charge is 2.51. The van der Waals surface area contributed by atoms with Crippen molar-refractivity contribution in [2.75, 3.05) is 26.2 Å². The molecule has 46 heavy (non-hydrogen) atoms. The van der Waals surface area contributed by atoms with Crippen molar-refractivity contribution < 1.29 is 27.2 Å². The number of benzene rings is 2. The number of carbonyl (C=O) groups is 2. The molecule has 2 amide bonds. The Kier molecular flexibility index (Phi) is 9.18. The lowest BCUT2D eigenvalue weighted by Crippen LogP contribution is -2.47. The smallest absolute Gasteiger partial charge is 0.405 e. The highest BCUT2D eigenvalue weighted by atomic mass is 19.4. The summed E-state index contributed by atoms with van der Waals surface area (Å²) in [4.78, 5) is 33.3. The van der Waals surface area contributed by atoms with Crippen LogP contribution < -0.4 is 10.6 Å². The first-order chi connectivity index (χ1) is 22.2. The van der Waals surface area contributed by atoms with Crippen LogP contribution in [-0.2, 0) is 10.2 Å². The summed E-state index contributed by atoms with van der Waals surface area (Å²) in [6, 6.07) is 17.1. The molecular formula is C36H39F3N4O3. The van der Waals surface area contributed by atoms with Crippen molar-refractivity contribution in [3.63, 3.8) is 0 Å². The molecule has 0 saturated carbocycles. The Morgan fingerprint density at radius 2 is 1.78 bits per heavy atom. The van der Waals surface area contributed by atoms with Gasteiger partial charge in [-0.1, -0.05) is 80.1 Å². The monoisotopic (exact) mass is 632 g/mol. The minimum atomic E-state index is -4.49. The Hall–Kier alpha value is -4.18.